The lowest BCUT2D eigenvalue weighted by Gasteiger charge is -2.37. The van der Waals surface area contributed by atoms with E-state index in [1.807, 2.05) is 71.0 Å². The molecule has 200 valence electrons. The Bertz CT molecular complexity index is 1440. The second kappa shape index (κ2) is 10.5. The highest BCUT2D eigenvalue weighted by atomic mass is 32.1. The van der Waals surface area contributed by atoms with E-state index in [9.17, 15) is 9.59 Å². The van der Waals surface area contributed by atoms with Crippen molar-refractivity contribution in [2.24, 2.45) is 0 Å². The summed E-state index contributed by atoms with van der Waals surface area (Å²) in [7, 11) is 7.60. The molecule has 0 bridgehead atoms. The van der Waals surface area contributed by atoms with Crippen molar-refractivity contribution in [3.63, 3.8) is 0 Å². The molecule has 2 aromatic heterocycles. The van der Waals surface area contributed by atoms with E-state index in [0.29, 0.717) is 37.7 Å². The summed E-state index contributed by atoms with van der Waals surface area (Å²) in [5.74, 6) is 1.20. The lowest BCUT2D eigenvalue weighted by Crippen LogP contribution is -2.56. The first-order valence-corrected chi connectivity index (χ1v) is 13.9. The van der Waals surface area contributed by atoms with Crippen LogP contribution in [0.1, 0.15) is 35.5 Å². The largest absolute Gasteiger partial charge is 0.496 e. The van der Waals surface area contributed by atoms with E-state index in [-0.39, 0.29) is 18.6 Å². The number of nitrogens with zero attached hydrogens (tertiary/aromatic N) is 4. The molecule has 3 aromatic rings. The number of methoxy groups -OCH3 is 1. The van der Waals surface area contributed by atoms with Crippen LogP contribution in [-0.4, -0.2) is 93.7 Å². The topological polar surface area (TPSA) is 86.1 Å². The molecule has 39 heavy (non-hydrogen) atoms. The minimum atomic E-state index is -0.503. The number of thiophene rings is 1. The van der Waals surface area contributed by atoms with Crippen LogP contribution in [0.15, 0.2) is 34.5 Å². The van der Waals surface area contributed by atoms with Crippen LogP contribution >= 0.6 is 11.3 Å². The summed E-state index contributed by atoms with van der Waals surface area (Å²) in [4.78, 5) is 29.6. The molecule has 9 nitrogen and oxygen atoms in total. The number of benzene rings is 1. The van der Waals surface area contributed by atoms with Crippen LogP contribution in [0.5, 0.6) is 11.5 Å². The third-order valence-electron chi connectivity index (χ3n) is 6.83. The van der Waals surface area contributed by atoms with Gasteiger partial charge >= 0.3 is 6.09 Å². The van der Waals surface area contributed by atoms with Gasteiger partial charge in [0.25, 0.3) is 5.91 Å². The highest BCUT2D eigenvalue weighted by molar-refractivity contribution is 7.08. The van der Waals surface area contributed by atoms with Crippen LogP contribution < -0.4 is 9.47 Å². The van der Waals surface area contributed by atoms with Gasteiger partial charge in [-0.1, -0.05) is 11.6 Å². The molecule has 1 saturated heterocycles. The fraction of sp³-hybridized carbons (Fsp3) is 0.346. The van der Waals surface area contributed by atoms with Crippen LogP contribution in [0.3, 0.4) is 0 Å². The molecule has 0 spiro atoms. The van der Waals surface area contributed by atoms with E-state index < -0.39 is 5.24 Å². The Balaban J connectivity index is 1.62. The number of aromatic nitrogens is 2. The van der Waals surface area contributed by atoms with Crippen LogP contribution in [0.25, 0.3) is 23.0 Å². The van der Waals surface area contributed by atoms with Crippen molar-refractivity contribution in [2.75, 3.05) is 33.4 Å². The molecule has 4 heterocycles. The zero-order valence-electron chi connectivity index (χ0n) is 23.2. The zero-order valence-corrected chi connectivity index (χ0v) is 24.1. The number of hydrogen-bond acceptors (Lipinski definition) is 7. The average Bonchev–Trinajstić information content (AvgIpc) is 3.62. The van der Waals surface area contributed by atoms with Crippen LogP contribution in [-0.2, 0) is 11.3 Å². The molecule has 2 aliphatic rings. The van der Waals surface area contributed by atoms with E-state index in [1.54, 1.807) is 28.2 Å². The number of carbonyl (C=O) groups is 2. The fourth-order valence-electron chi connectivity index (χ4n) is 4.95. The minimum Gasteiger partial charge on any atom is -0.496 e. The van der Waals surface area contributed by atoms with Crippen LogP contribution in [0.4, 0.5) is 4.79 Å². The Morgan fingerprint density at radius 3 is 2.69 bits per heavy atom. The number of rotatable bonds is 8. The summed E-state index contributed by atoms with van der Waals surface area (Å²) in [5.41, 5.74) is 5.71. The normalized spacial score (nSPS) is 14.2. The second-order valence-electron chi connectivity index (χ2n) is 10.9. The van der Waals surface area contributed by atoms with Gasteiger partial charge in [-0.2, -0.15) is 16.4 Å². The summed E-state index contributed by atoms with van der Waals surface area (Å²) < 4.78 is 18.8. The summed E-state index contributed by atoms with van der Waals surface area (Å²) in [6, 6.07) is 5.93. The molecule has 5 rings (SSSR count). The highest BCUT2D eigenvalue weighted by Gasteiger charge is 2.36. The molecule has 0 radical (unpaired) electrons. The van der Waals surface area contributed by atoms with Gasteiger partial charge in [-0.3, -0.25) is 4.79 Å². The molecular weight excluding hydrogens is 513 g/mol. The molecule has 0 atom stereocenters. The molecule has 1 aromatic carbocycles. The second-order valence-corrected chi connectivity index (χ2v) is 11.7. The van der Waals surface area contributed by atoms with Crippen molar-refractivity contribution in [3.05, 3.63) is 51.4 Å². The minimum absolute atomic E-state index is 0.203. The maximum atomic E-state index is 14.2. The quantitative estimate of drug-likeness (QED) is 0.399. The molecule has 0 aliphatic carbocycles. The van der Waals surface area contributed by atoms with E-state index in [1.165, 1.54) is 0 Å². The first-order chi connectivity index (χ1) is 18.6. The molecule has 0 saturated carbocycles. The predicted octanol–water partition coefficient (Wildman–Crippen LogP) is 1.33. The number of fused-ring (bicyclic) bond motifs is 3. The lowest BCUT2D eigenvalue weighted by atomic mass is 9.48. The predicted molar refractivity (Wildman–Crippen MR) is 159 cm³/mol. The van der Waals surface area contributed by atoms with Gasteiger partial charge in [0.15, 0.2) is 5.69 Å². The van der Waals surface area contributed by atoms with Crippen molar-refractivity contribution in [1.82, 2.24) is 19.6 Å². The third kappa shape index (κ3) is 5.19. The number of amides is 2. The van der Waals surface area contributed by atoms with Gasteiger partial charge in [-0.15, -0.1) is 0 Å². The number of ether oxygens (including phenoxy) is 3. The van der Waals surface area contributed by atoms with E-state index in [2.05, 4.69) is 6.08 Å². The van der Waals surface area contributed by atoms with Gasteiger partial charge in [0.1, 0.15) is 48.3 Å². The summed E-state index contributed by atoms with van der Waals surface area (Å²) in [6.07, 6.45) is 1.72. The molecule has 13 heteroatoms. The molecule has 1 fully saturated rings. The van der Waals surface area contributed by atoms with E-state index in [0.717, 1.165) is 39.4 Å². The SMILES string of the molecule is BC(B)(B)N(CCN1CCOC1=O)C(=O)c1nn(-c2ccsc2)c2c1COc1cc(OC)c(C=C(C)C)cc1-2. The first-order valence-electron chi connectivity index (χ1n) is 13.0. The van der Waals surface area contributed by atoms with Crippen molar-refractivity contribution in [2.45, 2.75) is 25.7 Å². The average molecular weight is 544 g/mol. The summed E-state index contributed by atoms with van der Waals surface area (Å²) in [5, 5.41) is 8.39. The number of carbonyl (C=O) groups excluding carboxylic acids is 2. The van der Waals surface area contributed by atoms with Crippen molar-refractivity contribution < 1.29 is 23.8 Å². The van der Waals surface area contributed by atoms with Crippen LogP contribution in [0, 0.1) is 0 Å². The Hall–Kier alpha value is -3.60. The van der Waals surface area contributed by atoms with E-state index in [4.69, 9.17) is 19.3 Å². The Labute approximate surface area is 234 Å². The molecule has 0 N–H and O–H groups in total. The Kier molecular flexibility index (Phi) is 7.28. The summed E-state index contributed by atoms with van der Waals surface area (Å²) >= 11 is 1.57. The van der Waals surface area contributed by atoms with Crippen molar-refractivity contribution in [1.29, 1.82) is 0 Å². The fourth-order valence-corrected chi connectivity index (χ4v) is 5.57. The van der Waals surface area contributed by atoms with Gasteiger partial charge in [-0.05, 0) is 36.6 Å². The van der Waals surface area contributed by atoms with Gasteiger partial charge in [0.05, 0.1) is 25.0 Å². The molecule has 2 aliphatic heterocycles. The van der Waals surface area contributed by atoms with Crippen molar-refractivity contribution >= 4 is 53.0 Å². The van der Waals surface area contributed by atoms with Gasteiger partial charge in [-0.25, -0.2) is 9.48 Å². The van der Waals surface area contributed by atoms with Gasteiger partial charge < -0.3 is 24.0 Å². The standard InChI is InChI=1S/C26H31B3N4O5S/c1-15(2)10-16-11-18-21(12-20(16)36-3)38-13-19-22(30-33(23(18)19)17-4-9-39-14-17)24(34)32(26(27,28)29)6-5-31-7-8-37-25(31)35/h4,9-12,14H,5-8,13,27-29H2,1-3H3. The third-order valence-corrected chi connectivity index (χ3v) is 7.50. The van der Waals surface area contributed by atoms with Gasteiger partial charge in [0, 0.05) is 41.2 Å². The molecule has 2 amide bonds. The maximum absolute atomic E-state index is 14.2. The zero-order chi connectivity index (χ0) is 27.9. The molecular formula is C26H31B3N4O5S. The Morgan fingerprint density at radius 2 is 2.08 bits per heavy atom. The van der Waals surface area contributed by atoms with Crippen molar-refractivity contribution in [3.8, 4) is 28.4 Å². The van der Waals surface area contributed by atoms with E-state index >= 15 is 0 Å². The monoisotopic (exact) mass is 544 g/mol. The smallest absolute Gasteiger partial charge is 0.409 e. The maximum Gasteiger partial charge on any atom is 0.409 e. The lowest BCUT2D eigenvalue weighted by molar-refractivity contribution is 0.0725. The number of allylic oxidation sites excluding steroid dienone is 1. The molecule has 0 unspecified atom stereocenters. The van der Waals surface area contributed by atoms with Gasteiger partial charge in [0.2, 0.25) is 0 Å². The Morgan fingerprint density at radius 1 is 1.28 bits per heavy atom. The van der Waals surface area contributed by atoms with Crippen LogP contribution in [0.2, 0.25) is 0 Å². The number of hydrogen-bond donors (Lipinski definition) is 0. The highest BCUT2D eigenvalue weighted by Crippen LogP contribution is 2.44. The summed E-state index contributed by atoms with van der Waals surface area (Å²) in [6.45, 7) is 5.92. The first kappa shape index (κ1) is 27.0. The number of cyclic esters (lactones) is 1.